The van der Waals surface area contributed by atoms with E-state index in [4.69, 9.17) is 42.3 Å². The Kier molecular flexibility index (Phi) is 22.8. The van der Waals surface area contributed by atoms with Crippen molar-refractivity contribution in [2.45, 2.75) is 211 Å². The van der Waals surface area contributed by atoms with Gasteiger partial charge in [0.25, 0.3) is 0 Å². The van der Waals surface area contributed by atoms with Gasteiger partial charge in [-0.15, -0.1) is 0 Å². The summed E-state index contributed by atoms with van der Waals surface area (Å²) in [6.45, 7) is 18.4. The zero-order chi connectivity index (χ0) is 47.9. The van der Waals surface area contributed by atoms with E-state index in [1.807, 2.05) is 24.3 Å². The molecule has 64 heavy (non-hydrogen) atoms. The van der Waals surface area contributed by atoms with Gasteiger partial charge >= 0.3 is 17.9 Å². The Morgan fingerprint density at radius 1 is 0.922 bits per heavy atom. The van der Waals surface area contributed by atoms with Crippen molar-refractivity contribution in [1.29, 1.82) is 0 Å². The number of nitrogens with zero attached hydrogens (tertiary/aromatic N) is 1. The predicted molar refractivity (Wildman–Crippen MR) is 242 cm³/mol. The third-order valence-corrected chi connectivity index (χ3v) is 17.5. The molecule has 0 radical (unpaired) electrons. The molecule has 0 amide bonds. The molecule has 17 heteroatoms. The second-order valence-electron chi connectivity index (χ2n) is 18.0. The average Bonchev–Trinajstić information content (AvgIpc) is 3.23. The van der Waals surface area contributed by atoms with E-state index in [9.17, 15) is 29.7 Å². The Morgan fingerprint density at radius 2 is 1.56 bits per heavy atom. The van der Waals surface area contributed by atoms with Gasteiger partial charge < -0.3 is 62.5 Å². The summed E-state index contributed by atoms with van der Waals surface area (Å²) in [7, 11) is 2.84. The summed E-state index contributed by atoms with van der Waals surface area (Å²) in [6.07, 6.45) is -1.23. The molecule has 0 spiro atoms. The topological polar surface area (TPSA) is 198 Å². The van der Waals surface area contributed by atoms with Crippen molar-refractivity contribution in [2.24, 2.45) is 5.92 Å². The third-order valence-electron chi connectivity index (χ3n) is 12.9. The predicted octanol–water partition coefficient (Wildman–Crippen LogP) is 5.51. The molecule has 0 bridgehead atoms. The van der Waals surface area contributed by atoms with E-state index in [-0.39, 0.29) is 44.3 Å². The van der Waals surface area contributed by atoms with E-state index >= 15 is 0 Å². The Hall–Kier alpha value is -2.55. The van der Waals surface area contributed by atoms with Crippen molar-refractivity contribution in [1.82, 2.24) is 4.90 Å². The zero-order valence-corrected chi connectivity index (χ0v) is 41.7. The highest BCUT2D eigenvalue weighted by molar-refractivity contribution is 6.73. The minimum Gasteiger partial charge on any atom is -0.462 e. The van der Waals surface area contributed by atoms with E-state index in [2.05, 4.69) is 27.7 Å². The fourth-order valence-electron chi connectivity index (χ4n) is 8.96. The van der Waals surface area contributed by atoms with Gasteiger partial charge in [0.1, 0.15) is 42.2 Å². The number of likely N-dealkylation sites (N-methyl/N-ethyl adjacent to an activating group) is 1. The van der Waals surface area contributed by atoms with E-state index in [0.717, 1.165) is 18.1 Å². The van der Waals surface area contributed by atoms with Crippen LogP contribution in [0.4, 0.5) is 0 Å². The van der Waals surface area contributed by atoms with Crippen molar-refractivity contribution in [3.05, 3.63) is 36.0 Å². The first-order valence-corrected chi connectivity index (χ1v) is 25.9. The number of aliphatic hydroxyl groups is 3. The van der Waals surface area contributed by atoms with Gasteiger partial charge in [-0.3, -0.25) is 14.4 Å². The highest BCUT2D eigenvalue weighted by atomic mass is 28.4. The number of hydrogen-bond acceptors (Lipinski definition) is 16. The number of carbonyl (C=O) groups is 3. The summed E-state index contributed by atoms with van der Waals surface area (Å²) in [5.41, 5.74) is -0.933. The van der Waals surface area contributed by atoms with Gasteiger partial charge in [-0.1, -0.05) is 71.9 Å². The largest absolute Gasteiger partial charge is 0.462 e. The number of hydrogen-bond donors (Lipinski definition) is 3. The highest BCUT2D eigenvalue weighted by Crippen LogP contribution is 2.38. The summed E-state index contributed by atoms with van der Waals surface area (Å²) >= 11 is 0. The molecule has 0 aromatic rings. The summed E-state index contributed by atoms with van der Waals surface area (Å²) in [5.74, 6) is -1.83. The van der Waals surface area contributed by atoms with E-state index < -0.39 is 105 Å². The first kappa shape index (κ1) is 55.8. The van der Waals surface area contributed by atoms with Crippen molar-refractivity contribution in [3.8, 4) is 0 Å². The molecule has 0 aliphatic carbocycles. The summed E-state index contributed by atoms with van der Waals surface area (Å²) in [6, 6.07) is 2.04. The first-order valence-electron chi connectivity index (χ1n) is 23.3. The van der Waals surface area contributed by atoms with Gasteiger partial charge in [0.05, 0.1) is 37.4 Å². The van der Waals surface area contributed by atoms with Crippen LogP contribution in [0.2, 0.25) is 18.1 Å². The van der Waals surface area contributed by atoms with E-state index in [1.54, 1.807) is 66.6 Å². The molecule has 2 fully saturated rings. The molecule has 16 nitrogen and oxygen atoms in total. The van der Waals surface area contributed by atoms with Crippen molar-refractivity contribution in [2.75, 3.05) is 27.8 Å². The minimum absolute atomic E-state index is 0.0195. The Labute approximate surface area is 383 Å². The lowest BCUT2D eigenvalue weighted by molar-refractivity contribution is -0.340. The lowest BCUT2D eigenvalue weighted by Gasteiger charge is -2.50. The molecule has 0 aromatic heterocycles. The quantitative estimate of drug-likeness (QED) is 0.0758. The lowest BCUT2D eigenvalue weighted by Crippen LogP contribution is -2.65. The molecule has 15 atom stereocenters. The van der Waals surface area contributed by atoms with Crippen LogP contribution in [-0.2, 0) is 56.7 Å². The smallest absolute Gasteiger partial charge is 0.309 e. The fourth-order valence-corrected chi connectivity index (χ4v) is 11.8. The maximum atomic E-state index is 13.5. The van der Waals surface area contributed by atoms with Crippen molar-refractivity contribution in [3.63, 3.8) is 0 Å². The molecule has 9 unspecified atom stereocenters. The van der Waals surface area contributed by atoms with Crippen molar-refractivity contribution >= 4 is 26.2 Å². The number of rotatable bonds is 16. The van der Waals surface area contributed by atoms with E-state index in [1.165, 1.54) is 7.11 Å². The van der Waals surface area contributed by atoms with Crippen LogP contribution >= 0.6 is 0 Å². The molecular formula is C47H81NO15Si. The standard InChI is InChI=1S/C47H81NO15Si/c1-14-36(50)59-35-27-38(52)56-30(7)22-20-19-21-23-34(63-64(16-3,17-4)18-5)29(6)26-33(24-25-49)43(44(35)55-13)62-46-41(53)40(48(11)12)42(31(8)58-46)61-39-28-47(10,54)45(32(9)57-39)60-37(51)15-2/h19-21,23-24,29-32,34-35,39-46,49,53-54H,14-18,22,25-28H2,1-13H3/b20-19+,23-21+,33-24+/t29-,30-,31?,32?,34+,35-,39?,40?,41?,42?,43+,44+,45?,46?,47?/m1/s1. The lowest BCUT2D eigenvalue weighted by atomic mass is 9.88. The molecule has 2 saturated heterocycles. The van der Waals surface area contributed by atoms with Crippen LogP contribution in [0.1, 0.15) is 108 Å². The Bertz CT molecular complexity index is 1540. The van der Waals surface area contributed by atoms with Gasteiger partial charge in [-0.25, -0.2) is 0 Å². The zero-order valence-electron chi connectivity index (χ0n) is 40.7. The van der Waals surface area contributed by atoms with Crippen LogP contribution in [0, 0.1) is 5.92 Å². The molecule has 0 aromatic carbocycles. The van der Waals surface area contributed by atoms with E-state index in [0.29, 0.717) is 18.4 Å². The normalized spacial score (nSPS) is 37.8. The second-order valence-corrected chi connectivity index (χ2v) is 22.7. The Balaban J connectivity index is 2.12. The maximum absolute atomic E-state index is 13.5. The molecule has 3 heterocycles. The van der Waals surface area contributed by atoms with Crippen LogP contribution in [0.3, 0.4) is 0 Å². The van der Waals surface area contributed by atoms with Crippen LogP contribution in [0.25, 0.3) is 0 Å². The molecule has 3 N–H and O–H groups in total. The second kappa shape index (κ2) is 26.1. The molecule has 3 aliphatic rings. The van der Waals surface area contributed by atoms with Gasteiger partial charge in [-0.2, -0.15) is 0 Å². The monoisotopic (exact) mass is 928 g/mol. The third kappa shape index (κ3) is 15.2. The average molecular weight is 928 g/mol. The number of ether oxygens (including phenoxy) is 8. The number of methoxy groups -OCH3 is 1. The molecule has 3 rings (SSSR count). The SMILES string of the molecule is CCC(=O)OC1C(C)OC(OC2C(C)OC(O[C@H]3/C(=C/CO)C[C@@H](C)[C@@H](O[Si](CC)(CC)CC)/C=C/C=C/C[C@@H](C)OC(=O)C[C@@H](OC(=O)CC)[C@@H]3OC)C(O)C2N(C)C)CC1(C)O. The molecule has 368 valence electrons. The summed E-state index contributed by atoms with van der Waals surface area (Å²) < 4.78 is 56.6. The minimum atomic E-state index is -2.14. The van der Waals surface area contributed by atoms with Gasteiger partial charge in [0.2, 0.25) is 0 Å². The number of cyclic esters (lactones) is 1. The van der Waals surface area contributed by atoms with Gasteiger partial charge in [0, 0.05) is 32.8 Å². The maximum Gasteiger partial charge on any atom is 0.309 e. The number of allylic oxidation sites excluding steroid dienone is 2. The van der Waals surface area contributed by atoms with Crippen LogP contribution in [0.5, 0.6) is 0 Å². The van der Waals surface area contributed by atoms with Gasteiger partial charge in [-0.05, 0) is 77.8 Å². The fraction of sp³-hybridized carbons (Fsp3) is 0.809. The molecule has 0 saturated carbocycles. The summed E-state index contributed by atoms with van der Waals surface area (Å²) in [5, 5.41) is 34.3. The highest BCUT2D eigenvalue weighted by Gasteiger charge is 2.52. The number of carbonyl (C=O) groups excluding carboxylic acids is 3. The molecule has 3 aliphatic heterocycles. The van der Waals surface area contributed by atoms with Crippen LogP contribution in [-0.4, -0.2) is 160 Å². The number of esters is 3. The summed E-state index contributed by atoms with van der Waals surface area (Å²) in [4.78, 5) is 40.6. The Morgan fingerprint density at radius 3 is 2.12 bits per heavy atom. The van der Waals surface area contributed by atoms with Crippen LogP contribution < -0.4 is 0 Å². The van der Waals surface area contributed by atoms with Crippen molar-refractivity contribution < 1.29 is 72.0 Å². The number of aliphatic hydroxyl groups excluding tert-OH is 2. The van der Waals surface area contributed by atoms with Gasteiger partial charge in [0.15, 0.2) is 27.0 Å². The van der Waals surface area contributed by atoms with Crippen LogP contribution in [0.15, 0.2) is 36.0 Å². The first-order chi connectivity index (χ1) is 30.2. The molecular weight excluding hydrogens is 847 g/mol.